The quantitative estimate of drug-likeness (QED) is 0.389. The van der Waals surface area contributed by atoms with Crippen LogP contribution in [0.3, 0.4) is 0 Å². The fourth-order valence-electron chi connectivity index (χ4n) is 7.55. The van der Waals surface area contributed by atoms with Gasteiger partial charge in [0.15, 0.2) is 5.78 Å². The van der Waals surface area contributed by atoms with Gasteiger partial charge in [0.25, 0.3) is 5.91 Å². The molecular weight excluding hydrogens is 528 g/mol. The van der Waals surface area contributed by atoms with E-state index in [9.17, 15) is 19.2 Å². The van der Waals surface area contributed by atoms with Gasteiger partial charge in [-0.1, -0.05) is 72.6 Å². The third kappa shape index (κ3) is 5.40. The molecule has 2 aromatic rings. The van der Waals surface area contributed by atoms with Crippen molar-refractivity contribution in [3.8, 4) is 0 Å². The summed E-state index contributed by atoms with van der Waals surface area (Å²) in [5.74, 6) is -0.882. The van der Waals surface area contributed by atoms with E-state index in [0.29, 0.717) is 12.2 Å². The smallest absolute Gasteiger partial charge is 0.268 e. The summed E-state index contributed by atoms with van der Waals surface area (Å²) in [5, 5.41) is 7.07. The highest BCUT2D eigenvalue weighted by Crippen LogP contribution is 2.65. The van der Waals surface area contributed by atoms with E-state index in [0.717, 1.165) is 48.6 Å². The van der Waals surface area contributed by atoms with Crippen LogP contribution in [0.4, 0.5) is 0 Å². The number of ketones is 1. The van der Waals surface area contributed by atoms with Crippen LogP contribution in [0.15, 0.2) is 36.9 Å². The number of nitrogens with one attached hydrogen (secondary N) is 3. The highest BCUT2D eigenvalue weighted by atomic mass is 16.2. The summed E-state index contributed by atoms with van der Waals surface area (Å²) in [6.45, 7) is 16.1. The Hall–Kier alpha value is -3.42. The topological polar surface area (TPSA) is 111 Å². The minimum Gasteiger partial charge on any atom is -0.351 e. The molecule has 42 heavy (non-hydrogen) atoms. The number of hydrogen-bond donors (Lipinski definition) is 3. The predicted molar refractivity (Wildman–Crippen MR) is 164 cm³/mol. The molecule has 5 rings (SSSR count). The average Bonchev–Trinajstić information content (AvgIpc) is 3.33. The number of carbonyl (C=O) groups is 4. The van der Waals surface area contributed by atoms with Crippen molar-refractivity contribution in [2.45, 2.75) is 91.8 Å². The molecule has 8 heteroatoms. The van der Waals surface area contributed by atoms with Gasteiger partial charge in [0, 0.05) is 17.4 Å². The first kappa shape index (κ1) is 30.1. The van der Waals surface area contributed by atoms with Crippen molar-refractivity contribution in [2.75, 3.05) is 6.54 Å². The third-order valence-corrected chi connectivity index (χ3v) is 10.2. The van der Waals surface area contributed by atoms with Crippen LogP contribution in [0.25, 0.3) is 10.9 Å². The van der Waals surface area contributed by atoms with Crippen LogP contribution >= 0.6 is 0 Å². The lowest BCUT2D eigenvalue weighted by Gasteiger charge is -2.38. The molecule has 2 saturated carbocycles. The molecule has 3 aliphatic rings. The van der Waals surface area contributed by atoms with Crippen molar-refractivity contribution in [3.63, 3.8) is 0 Å². The van der Waals surface area contributed by atoms with Gasteiger partial charge in [-0.3, -0.25) is 19.2 Å². The fraction of sp³-hybridized carbons (Fsp3) is 0.588. The zero-order valence-electron chi connectivity index (χ0n) is 25.9. The standard InChI is InChI=1S/C34H46N4O4/c1-8-25(39)29(33(3,4)5)37-31(41)28-26-22(34(26,6)7)18-38(28)32(42)27(20-14-10-9-11-15-20)36-30(40)24-17-21-19(2)13-12-16-23(21)35-24/h8,12-13,16-17,20,22,26-29,35H,1,9-11,14-15,18H2,2-7H3,(H,36,40)(H,37,41)/t22-,26-,27?,28-,29?/m0/s1. The molecule has 2 heterocycles. The maximum absolute atomic E-state index is 14.4. The van der Waals surface area contributed by atoms with Crippen molar-refractivity contribution < 1.29 is 19.2 Å². The largest absolute Gasteiger partial charge is 0.351 e. The maximum atomic E-state index is 14.4. The Morgan fingerprint density at radius 1 is 1.10 bits per heavy atom. The summed E-state index contributed by atoms with van der Waals surface area (Å²) in [6, 6.07) is 5.56. The van der Waals surface area contributed by atoms with Crippen molar-refractivity contribution in [1.29, 1.82) is 0 Å². The van der Waals surface area contributed by atoms with Crippen LogP contribution in [-0.2, 0) is 14.4 Å². The number of amides is 3. The number of nitrogens with zero attached hydrogens (tertiary/aromatic N) is 1. The zero-order valence-corrected chi connectivity index (χ0v) is 25.9. The molecule has 2 aliphatic carbocycles. The number of aryl methyl sites for hydroxylation is 1. The Morgan fingerprint density at radius 3 is 2.40 bits per heavy atom. The molecule has 0 spiro atoms. The normalized spacial score (nSPS) is 24.9. The summed E-state index contributed by atoms with van der Waals surface area (Å²) in [5.41, 5.74) is 1.76. The number of hydrogen-bond acceptors (Lipinski definition) is 4. The molecule has 2 unspecified atom stereocenters. The Morgan fingerprint density at radius 2 is 1.79 bits per heavy atom. The second-order valence-electron chi connectivity index (χ2n) is 14.4. The number of aromatic nitrogens is 1. The van der Waals surface area contributed by atoms with E-state index in [1.165, 1.54) is 6.08 Å². The average molecular weight is 575 g/mol. The molecule has 0 radical (unpaired) electrons. The minimum atomic E-state index is -0.750. The van der Waals surface area contributed by atoms with Gasteiger partial charge in [0.1, 0.15) is 17.8 Å². The molecule has 1 aromatic carbocycles. The van der Waals surface area contributed by atoms with E-state index in [1.54, 1.807) is 4.90 Å². The summed E-state index contributed by atoms with van der Waals surface area (Å²) in [4.78, 5) is 59.7. The van der Waals surface area contributed by atoms with Crippen molar-refractivity contribution >= 4 is 34.4 Å². The van der Waals surface area contributed by atoms with Crippen molar-refractivity contribution in [1.82, 2.24) is 20.5 Å². The maximum Gasteiger partial charge on any atom is 0.268 e. The molecule has 8 nitrogen and oxygen atoms in total. The van der Waals surface area contributed by atoms with Crippen molar-refractivity contribution in [2.24, 2.45) is 28.6 Å². The molecular formula is C34H46N4O4. The van der Waals surface area contributed by atoms with Gasteiger partial charge in [-0.15, -0.1) is 0 Å². The van der Waals surface area contributed by atoms with Crippen molar-refractivity contribution in [3.05, 3.63) is 48.2 Å². The summed E-state index contributed by atoms with van der Waals surface area (Å²) < 4.78 is 0. The second kappa shape index (κ2) is 11.0. The van der Waals surface area contributed by atoms with E-state index < -0.39 is 23.5 Å². The van der Waals surface area contributed by atoms with Crippen LogP contribution in [-0.4, -0.2) is 58.1 Å². The number of rotatable bonds is 8. The van der Waals surface area contributed by atoms with E-state index in [1.807, 2.05) is 52.0 Å². The first-order chi connectivity index (χ1) is 19.8. The Bertz CT molecular complexity index is 1410. The van der Waals surface area contributed by atoms with Gasteiger partial charge in [0.05, 0.1) is 6.04 Å². The van der Waals surface area contributed by atoms with Gasteiger partial charge in [-0.2, -0.15) is 0 Å². The van der Waals surface area contributed by atoms with Gasteiger partial charge >= 0.3 is 0 Å². The molecule has 0 bridgehead atoms. The number of benzene rings is 1. The first-order valence-electron chi connectivity index (χ1n) is 15.4. The number of carbonyl (C=O) groups excluding carboxylic acids is 4. The first-order valence-corrected chi connectivity index (χ1v) is 15.4. The van der Waals surface area contributed by atoms with Gasteiger partial charge in [-0.05, 0) is 72.1 Å². The molecule has 5 atom stereocenters. The molecule has 3 N–H and O–H groups in total. The van der Waals surface area contributed by atoms with Crippen LogP contribution < -0.4 is 10.6 Å². The second-order valence-corrected chi connectivity index (χ2v) is 14.4. The van der Waals surface area contributed by atoms with E-state index in [-0.39, 0.29) is 46.7 Å². The summed E-state index contributed by atoms with van der Waals surface area (Å²) in [6.07, 6.45) is 6.09. The Kier molecular flexibility index (Phi) is 7.88. The molecule has 3 fully saturated rings. The SMILES string of the molecule is C=CC(=O)C(NC(=O)[C@@H]1[C@@H]2[C@H](CN1C(=O)C(NC(=O)c1cc3c(C)cccc3[nH]1)C1CCCCC1)C2(C)C)C(C)(C)C. The lowest BCUT2D eigenvalue weighted by atomic mass is 9.82. The van der Waals surface area contributed by atoms with Crippen LogP contribution in [0.5, 0.6) is 0 Å². The molecule has 1 saturated heterocycles. The number of piperidine rings is 1. The number of fused-ring (bicyclic) bond motifs is 2. The van der Waals surface area contributed by atoms with Gasteiger partial charge in [0.2, 0.25) is 11.8 Å². The third-order valence-electron chi connectivity index (χ3n) is 10.2. The zero-order chi connectivity index (χ0) is 30.6. The van der Waals surface area contributed by atoms with Crippen LogP contribution in [0.1, 0.15) is 82.8 Å². The number of H-pyrrole nitrogens is 1. The molecule has 1 aromatic heterocycles. The lowest BCUT2D eigenvalue weighted by Crippen LogP contribution is -2.60. The number of likely N-dealkylation sites (tertiary alicyclic amines) is 1. The van der Waals surface area contributed by atoms with Gasteiger partial charge < -0.3 is 20.5 Å². The molecule has 3 amide bonds. The van der Waals surface area contributed by atoms with E-state index >= 15 is 0 Å². The van der Waals surface area contributed by atoms with Crippen LogP contribution in [0, 0.1) is 35.5 Å². The fourth-order valence-corrected chi connectivity index (χ4v) is 7.55. The Balaban J connectivity index is 1.43. The lowest BCUT2D eigenvalue weighted by molar-refractivity contribution is -0.144. The van der Waals surface area contributed by atoms with E-state index in [4.69, 9.17) is 0 Å². The summed E-state index contributed by atoms with van der Waals surface area (Å²) >= 11 is 0. The monoisotopic (exact) mass is 574 g/mol. The number of aromatic amines is 1. The summed E-state index contributed by atoms with van der Waals surface area (Å²) in [7, 11) is 0. The van der Waals surface area contributed by atoms with E-state index in [2.05, 4.69) is 36.0 Å². The van der Waals surface area contributed by atoms with Crippen LogP contribution in [0.2, 0.25) is 0 Å². The highest BCUT2D eigenvalue weighted by molar-refractivity contribution is 6.02. The molecule has 226 valence electrons. The highest BCUT2D eigenvalue weighted by Gasteiger charge is 2.69. The minimum absolute atomic E-state index is 0.000269. The molecule has 1 aliphatic heterocycles. The van der Waals surface area contributed by atoms with Gasteiger partial charge in [-0.25, -0.2) is 0 Å². The predicted octanol–water partition coefficient (Wildman–Crippen LogP) is 4.92. The Labute approximate surface area is 249 Å².